The molecule has 0 spiro atoms. The van der Waals surface area contributed by atoms with E-state index < -0.39 is 0 Å². The Balaban J connectivity index is 2.51. The van der Waals surface area contributed by atoms with E-state index >= 15 is 0 Å². The van der Waals surface area contributed by atoms with Gasteiger partial charge in [0.1, 0.15) is 0 Å². The molecule has 0 fully saturated rings. The van der Waals surface area contributed by atoms with Gasteiger partial charge in [-0.1, -0.05) is 19.9 Å². The number of carbonyl (C=O) groups is 1. The largest absolute Gasteiger partial charge is 0.396 e. The highest BCUT2D eigenvalue weighted by molar-refractivity contribution is 6.06. The quantitative estimate of drug-likeness (QED) is 0.890. The summed E-state index contributed by atoms with van der Waals surface area (Å²) in [5.74, 6) is 0.278. The van der Waals surface area contributed by atoms with Gasteiger partial charge >= 0.3 is 0 Å². The number of fused-ring (bicyclic) bond motifs is 1. The first kappa shape index (κ1) is 13.3. The molecule has 1 aliphatic rings. The van der Waals surface area contributed by atoms with Crippen LogP contribution in [0.25, 0.3) is 0 Å². The zero-order valence-electron chi connectivity index (χ0n) is 11.8. The van der Waals surface area contributed by atoms with Crippen LogP contribution in [0.1, 0.15) is 52.9 Å². The maximum absolute atomic E-state index is 12.4. The van der Waals surface area contributed by atoms with Crippen LogP contribution in [0.15, 0.2) is 6.07 Å². The van der Waals surface area contributed by atoms with E-state index in [1.54, 1.807) is 0 Å². The van der Waals surface area contributed by atoms with Crippen LogP contribution < -0.4 is 0 Å². The fourth-order valence-electron chi connectivity index (χ4n) is 3.10. The highest BCUT2D eigenvalue weighted by Gasteiger charge is 2.39. The highest BCUT2D eigenvalue weighted by atomic mass is 16.2. The number of ketones is 1. The molecule has 0 unspecified atom stereocenters. The number of aliphatic hydroxyl groups excluding tert-OH is 1. The molecule has 0 aliphatic heterocycles. The Morgan fingerprint density at radius 3 is 2.61 bits per heavy atom. The molecule has 0 saturated carbocycles. The third-order valence-corrected chi connectivity index (χ3v) is 4.07. The van der Waals surface area contributed by atoms with Crippen molar-refractivity contribution < 1.29 is 9.90 Å². The number of benzene rings is 1. The van der Waals surface area contributed by atoms with Crippen LogP contribution in [0.2, 0.25) is 0 Å². The van der Waals surface area contributed by atoms with E-state index in [4.69, 9.17) is 5.11 Å². The second-order valence-electron chi connectivity index (χ2n) is 6.05. The summed E-state index contributed by atoms with van der Waals surface area (Å²) in [6.07, 6.45) is 2.47. The Hall–Kier alpha value is -1.15. The second-order valence-corrected chi connectivity index (χ2v) is 6.05. The van der Waals surface area contributed by atoms with Gasteiger partial charge in [0, 0.05) is 17.6 Å². The average Bonchev–Trinajstić information content (AvgIpc) is 2.49. The Morgan fingerprint density at radius 2 is 2.00 bits per heavy atom. The maximum atomic E-state index is 12.4. The van der Waals surface area contributed by atoms with Gasteiger partial charge < -0.3 is 5.11 Å². The summed E-state index contributed by atoms with van der Waals surface area (Å²) in [7, 11) is 0. The van der Waals surface area contributed by atoms with E-state index in [0.29, 0.717) is 0 Å². The summed E-state index contributed by atoms with van der Waals surface area (Å²) in [4.78, 5) is 12.4. The topological polar surface area (TPSA) is 37.3 Å². The monoisotopic (exact) mass is 246 g/mol. The van der Waals surface area contributed by atoms with E-state index in [-0.39, 0.29) is 17.8 Å². The fourth-order valence-corrected chi connectivity index (χ4v) is 3.10. The van der Waals surface area contributed by atoms with Crippen molar-refractivity contribution in [3.8, 4) is 0 Å². The van der Waals surface area contributed by atoms with E-state index in [2.05, 4.69) is 19.9 Å². The molecule has 0 bridgehead atoms. The van der Waals surface area contributed by atoms with E-state index in [0.717, 1.165) is 30.4 Å². The number of aryl methyl sites for hydroxylation is 1. The van der Waals surface area contributed by atoms with Crippen molar-refractivity contribution >= 4 is 5.78 Å². The van der Waals surface area contributed by atoms with Crippen molar-refractivity contribution in [2.45, 2.75) is 47.0 Å². The number of rotatable bonds is 3. The Morgan fingerprint density at radius 1 is 1.33 bits per heavy atom. The molecule has 0 aromatic heterocycles. The molecule has 2 heteroatoms. The first-order valence-corrected chi connectivity index (χ1v) is 6.66. The SMILES string of the molecule is Cc1cc2c(c(C)c1CCCO)C(=O)C(C)(C)C2. The number of aliphatic hydroxyl groups is 1. The number of hydrogen-bond donors (Lipinski definition) is 1. The van der Waals surface area contributed by atoms with Gasteiger partial charge in [-0.05, 0) is 55.4 Å². The zero-order chi connectivity index (χ0) is 13.5. The smallest absolute Gasteiger partial charge is 0.169 e. The molecule has 0 heterocycles. The van der Waals surface area contributed by atoms with Gasteiger partial charge in [-0.3, -0.25) is 4.79 Å². The predicted octanol–water partition coefficient (Wildman–Crippen LogP) is 2.99. The van der Waals surface area contributed by atoms with Crippen LogP contribution in [-0.2, 0) is 12.8 Å². The van der Waals surface area contributed by atoms with Crippen molar-refractivity contribution in [2.24, 2.45) is 5.41 Å². The van der Waals surface area contributed by atoms with Gasteiger partial charge in [0.05, 0.1) is 0 Å². The average molecular weight is 246 g/mol. The second kappa shape index (κ2) is 4.51. The molecule has 1 aromatic rings. The molecule has 1 aromatic carbocycles. The molecule has 0 atom stereocenters. The molecule has 18 heavy (non-hydrogen) atoms. The molecular formula is C16H22O2. The molecule has 0 amide bonds. The molecule has 0 saturated heterocycles. The highest BCUT2D eigenvalue weighted by Crippen LogP contribution is 2.39. The van der Waals surface area contributed by atoms with Crippen molar-refractivity contribution in [1.82, 2.24) is 0 Å². The standard InChI is InChI=1S/C16H22O2/c1-10-8-12-9-16(3,4)15(18)14(12)11(2)13(10)6-5-7-17/h8,17H,5-7,9H2,1-4H3. The summed E-state index contributed by atoms with van der Waals surface area (Å²) in [5, 5.41) is 8.97. The lowest BCUT2D eigenvalue weighted by Crippen LogP contribution is -2.19. The summed E-state index contributed by atoms with van der Waals surface area (Å²) in [6.45, 7) is 8.41. The molecule has 1 aliphatic carbocycles. The van der Waals surface area contributed by atoms with E-state index in [1.807, 2.05) is 13.8 Å². The van der Waals surface area contributed by atoms with Gasteiger partial charge in [-0.25, -0.2) is 0 Å². The fraction of sp³-hybridized carbons (Fsp3) is 0.562. The van der Waals surface area contributed by atoms with Crippen LogP contribution in [0, 0.1) is 19.3 Å². The summed E-state index contributed by atoms with van der Waals surface area (Å²) in [6, 6.07) is 2.17. The first-order valence-electron chi connectivity index (χ1n) is 6.66. The predicted molar refractivity (Wildman–Crippen MR) is 73.1 cm³/mol. The minimum Gasteiger partial charge on any atom is -0.396 e. The molecule has 1 N–H and O–H groups in total. The van der Waals surface area contributed by atoms with Crippen LogP contribution in [-0.4, -0.2) is 17.5 Å². The van der Waals surface area contributed by atoms with Gasteiger partial charge in [0.25, 0.3) is 0 Å². The number of hydrogen-bond acceptors (Lipinski definition) is 2. The lowest BCUT2D eigenvalue weighted by Gasteiger charge is -2.14. The van der Waals surface area contributed by atoms with Crippen LogP contribution in [0.3, 0.4) is 0 Å². The molecule has 98 valence electrons. The molecular weight excluding hydrogens is 224 g/mol. The van der Waals surface area contributed by atoms with Gasteiger partial charge in [-0.2, -0.15) is 0 Å². The zero-order valence-corrected chi connectivity index (χ0v) is 11.8. The van der Waals surface area contributed by atoms with Gasteiger partial charge in [0.2, 0.25) is 0 Å². The minimum absolute atomic E-state index is 0.204. The lowest BCUT2D eigenvalue weighted by atomic mass is 9.88. The first-order chi connectivity index (χ1) is 8.38. The van der Waals surface area contributed by atoms with Gasteiger partial charge in [-0.15, -0.1) is 0 Å². The molecule has 2 rings (SSSR count). The Labute approximate surface area is 109 Å². The van der Waals surface area contributed by atoms with E-state index in [1.165, 1.54) is 16.7 Å². The van der Waals surface area contributed by atoms with Crippen molar-refractivity contribution in [3.05, 3.63) is 33.9 Å². The Bertz CT molecular complexity index is 498. The van der Waals surface area contributed by atoms with E-state index in [9.17, 15) is 4.79 Å². The number of Topliss-reactive ketones (excluding diaryl/α,β-unsaturated/α-hetero) is 1. The van der Waals surface area contributed by atoms with Crippen molar-refractivity contribution in [2.75, 3.05) is 6.61 Å². The maximum Gasteiger partial charge on any atom is 0.169 e. The minimum atomic E-state index is -0.255. The normalized spacial score (nSPS) is 17.1. The summed E-state index contributed by atoms with van der Waals surface area (Å²) >= 11 is 0. The lowest BCUT2D eigenvalue weighted by molar-refractivity contribution is 0.0863. The summed E-state index contributed by atoms with van der Waals surface area (Å²) < 4.78 is 0. The Kier molecular flexibility index (Phi) is 3.33. The van der Waals surface area contributed by atoms with Crippen molar-refractivity contribution in [3.63, 3.8) is 0 Å². The van der Waals surface area contributed by atoms with Crippen LogP contribution in [0.4, 0.5) is 0 Å². The third kappa shape index (κ3) is 1.99. The number of carbonyl (C=O) groups excluding carboxylic acids is 1. The van der Waals surface area contributed by atoms with Crippen LogP contribution in [0.5, 0.6) is 0 Å². The molecule has 2 nitrogen and oxygen atoms in total. The third-order valence-electron chi connectivity index (χ3n) is 4.07. The summed E-state index contributed by atoms with van der Waals surface area (Å²) in [5.41, 5.74) is 5.52. The van der Waals surface area contributed by atoms with Gasteiger partial charge in [0.15, 0.2) is 5.78 Å². The van der Waals surface area contributed by atoms with Crippen LogP contribution >= 0.6 is 0 Å². The van der Waals surface area contributed by atoms with Crippen molar-refractivity contribution in [1.29, 1.82) is 0 Å². The molecule has 0 radical (unpaired) electrons.